The predicted molar refractivity (Wildman–Crippen MR) is 83.8 cm³/mol. The molecule has 0 saturated heterocycles. The number of nitrogens with one attached hydrogen (secondary N) is 1. The normalized spacial score (nSPS) is 14.4. The van der Waals surface area contributed by atoms with Crippen LogP contribution < -0.4 is 5.32 Å². The maximum Gasteiger partial charge on any atom is 0.471 e. The average molecular weight is 359 g/mol. The molecule has 1 N–H and O–H groups in total. The van der Waals surface area contributed by atoms with Gasteiger partial charge in [0.1, 0.15) is 11.6 Å². The van der Waals surface area contributed by atoms with Crippen LogP contribution in [-0.2, 0) is 14.3 Å². The summed E-state index contributed by atoms with van der Waals surface area (Å²) >= 11 is 0. The van der Waals surface area contributed by atoms with Crippen LogP contribution in [0.1, 0.15) is 38.1 Å². The summed E-state index contributed by atoms with van der Waals surface area (Å²) in [7, 11) is 0. The summed E-state index contributed by atoms with van der Waals surface area (Å²) in [4.78, 5) is 35.9. The number of alkyl halides is 3. The minimum atomic E-state index is -5.18. The SMILES string of the molecule is C[C@@H](C(=O)c1ccccc1)[C@H](NC(=O)C(F)(F)F)C(=O)OC(C)(C)C. The maximum atomic E-state index is 12.5. The van der Waals surface area contributed by atoms with Crippen LogP contribution in [0.4, 0.5) is 13.2 Å². The highest BCUT2D eigenvalue weighted by atomic mass is 19.4. The number of ether oxygens (including phenoxy) is 1. The Morgan fingerprint density at radius 1 is 1.04 bits per heavy atom. The zero-order chi connectivity index (χ0) is 19.4. The summed E-state index contributed by atoms with van der Waals surface area (Å²) in [6.45, 7) is 5.84. The zero-order valence-electron chi connectivity index (χ0n) is 14.3. The number of rotatable bonds is 5. The number of carbonyl (C=O) groups excluding carboxylic acids is 3. The summed E-state index contributed by atoms with van der Waals surface area (Å²) in [6, 6.07) is 6.00. The molecule has 0 fully saturated rings. The van der Waals surface area contributed by atoms with Crippen molar-refractivity contribution in [1.29, 1.82) is 0 Å². The van der Waals surface area contributed by atoms with Crippen LogP contribution in [0.3, 0.4) is 0 Å². The highest BCUT2D eigenvalue weighted by Crippen LogP contribution is 2.20. The van der Waals surface area contributed by atoms with Gasteiger partial charge in [0, 0.05) is 5.56 Å². The van der Waals surface area contributed by atoms with E-state index in [1.54, 1.807) is 23.5 Å². The van der Waals surface area contributed by atoms with Crippen molar-refractivity contribution in [3.63, 3.8) is 0 Å². The summed E-state index contributed by atoms with van der Waals surface area (Å²) in [6.07, 6.45) is -5.18. The number of amides is 1. The molecule has 8 heteroatoms. The Kier molecular flexibility index (Phi) is 6.34. The van der Waals surface area contributed by atoms with Crippen molar-refractivity contribution in [1.82, 2.24) is 5.32 Å². The molecule has 0 radical (unpaired) electrons. The lowest BCUT2D eigenvalue weighted by molar-refractivity contribution is -0.177. The topological polar surface area (TPSA) is 72.5 Å². The average Bonchev–Trinajstić information content (AvgIpc) is 2.49. The van der Waals surface area contributed by atoms with Gasteiger partial charge >= 0.3 is 18.1 Å². The van der Waals surface area contributed by atoms with Crippen molar-refractivity contribution in [2.24, 2.45) is 5.92 Å². The first-order chi connectivity index (χ1) is 11.3. The molecule has 1 aromatic rings. The number of halogens is 3. The molecule has 0 aliphatic heterocycles. The molecular weight excluding hydrogens is 339 g/mol. The Balaban J connectivity index is 3.10. The second-order valence-corrected chi connectivity index (χ2v) is 6.50. The van der Waals surface area contributed by atoms with Gasteiger partial charge in [-0.15, -0.1) is 0 Å². The van der Waals surface area contributed by atoms with Crippen LogP contribution in [0.5, 0.6) is 0 Å². The Bertz CT molecular complexity index is 636. The van der Waals surface area contributed by atoms with Gasteiger partial charge in [-0.05, 0) is 20.8 Å². The van der Waals surface area contributed by atoms with Gasteiger partial charge < -0.3 is 10.1 Å². The van der Waals surface area contributed by atoms with E-state index in [4.69, 9.17) is 4.74 Å². The van der Waals surface area contributed by atoms with E-state index in [2.05, 4.69) is 0 Å². The number of benzene rings is 1. The predicted octanol–water partition coefficient (Wildman–Crippen LogP) is 2.89. The molecule has 0 spiro atoms. The molecule has 138 valence electrons. The second-order valence-electron chi connectivity index (χ2n) is 6.50. The fourth-order valence-electron chi connectivity index (χ4n) is 1.99. The van der Waals surface area contributed by atoms with Crippen LogP contribution in [0, 0.1) is 5.92 Å². The first-order valence-corrected chi connectivity index (χ1v) is 7.52. The van der Waals surface area contributed by atoms with Crippen molar-refractivity contribution in [2.75, 3.05) is 0 Å². The quantitative estimate of drug-likeness (QED) is 0.648. The largest absolute Gasteiger partial charge is 0.471 e. The molecular formula is C17H20F3NO4. The Hall–Kier alpha value is -2.38. The van der Waals surface area contributed by atoms with E-state index in [9.17, 15) is 27.6 Å². The second kappa shape index (κ2) is 7.67. The Morgan fingerprint density at radius 3 is 2.00 bits per heavy atom. The zero-order valence-corrected chi connectivity index (χ0v) is 14.3. The molecule has 0 saturated carbocycles. The molecule has 0 aliphatic rings. The molecule has 5 nitrogen and oxygen atoms in total. The van der Waals surface area contributed by atoms with Crippen LogP contribution in [0.2, 0.25) is 0 Å². The van der Waals surface area contributed by atoms with Crippen molar-refractivity contribution >= 4 is 17.7 Å². The van der Waals surface area contributed by atoms with Gasteiger partial charge in [-0.2, -0.15) is 13.2 Å². The lowest BCUT2D eigenvalue weighted by atomic mass is 9.92. The minimum Gasteiger partial charge on any atom is -0.458 e. The van der Waals surface area contributed by atoms with Crippen molar-refractivity contribution < 1.29 is 32.3 Å². The molecule has 25 heavy (non-hydrogen) atoms. The van der Waals surface area contributed by atoms with Crippen molar-refractivity contribution in [3.05, 3.63) is 35.9 Å². The molecule has 1 aromatic carbocycles. The Morgan fingerprint density at radius 2 is 1.56 bits per heavy atom. The van der Waals surface area contributed by atoms with E-state index in [-0.39, 0.29) is 5.56 Å². The molecule has 0 aromatic heterocycles. The molecule has 1 amide bonds. The summed E-state index contributed by atoms with van der Waals surface area (Å²) in [5.41, 5.74) is -0.779. The summed E-state index contributed by atoms with van der Waals surface area (Å²) < 4.78 is 42.7. The van der Waals surface area contributed by atoms with E-state index in [0.717, 1.165) is 0 Å². The molecule has 0 unspecified atom stereocenters. The summed E-state index contributed by atoms with van der Waals surface area (Å²) in [5.74, 6) is -5.25. The number of Topliss-reactive ketones (excluding diaryl/α,β-unsaturated/α-hetero) is 1. The Labute approximate surface area is 143 Å². The third-order valence-electron chi connectivity index (χ3n) is 3.18. The first kappa shape index (κ1) is 20.7. The van der Waals surface area contributed by atoms with E-state index < -0.39 is 41.4 Å². The van der Waals surface area contributed by atoms with Crippen molar-refractivity contribution in [3.8, 4) is 0 Å². The monoisotopic (exact) mass is 359 g/mol. The van der Waals surface area contributed by atoms with Crippen LogP contribution in [0.15, 0.2) is 30.3 Å². The summed E-state index contributed by atoms with van der Waals surface area (Å²) in [5, 5.41) is 1.57. The fourth-order valence-corrected chi connectivity index (χ4v) is 1.99. The molecule has 0 heterocycles. The van der Waals surface area contributed by atoms with Crippen molar-refractivity contribution in [2.45, 2.75) is 45.5 Å². The maximum absolute atomic E-state index is 12.5. The first-order valence-electron chi connectivity index (χ1n) is 7.52. The third kappa shape index (κ3) is 6.21. The highest BCUT2D eigenvalue weighted by molar-refractivity contribution is 6.01. The lowest BCUT2D eigenvalue weighted by Crippen LogP contribution is -2.53. The van der Waals surface area contributed by atoms with Crippen LogP contribution >= 0.6 is 0 Å². The fraction of sp³-hybridized carbons (Fsp3) is 0.471. The van der Waals surface area contributed by atoms with E-state index in [1.165, 1.54) is 39.8 Å². The molecule has 0 bridgehead atoms. The standard InChI is InChI=1S/C17H20F3NO4/c1-10(13(22)11-8-6-5-7-9-11)12(14(23)25-16(2,3)4)21-15(24)17(18,19)20/h5-10,12H,1-4H3,(H,21,24)/t10-,12+/m1/s1. The lowest BCUT2D eigenvalue weighted by Gasteiger charge is -2.27. The van der Waals surface area contributed by atoms with Gasteiger partial charge in [0.25, 0.3) is 0 Å². The highest BCUT2D eigenvalue weighted by Gasteiger charge is 2.44. The number of carbonyl (C=O) groups is 3. The van der Waals surface area contributed by atoms with Gasteiger partial charge in [0.2, 0.25) is 0 Å². The molecule has 1 rings (SSSR count). The third-order valence-corrected chi connectivity index (χ3v) is 3.18. The van der Waals surface area contributed by atoms with Gasteiger partial charge in [-0.25, -0.2) is 4.79 Å². The van der Waals surface area contributed by atoms with Gasteiger partial charge in [-0.1, -0.05) is 37.3 Å². The van der Waals surface area contributed by atoms with Gasteiger partial charge in [0.15, 0.2) is 5.78 Å². The number of hydrogen-bond donors (Lipinski definition) is 1. The molecule has 0 aliphatic carbocycles. The van der Waals surface area contributed by atoms with Gasteiger partial charge in [-0.3, -0.25) is 9.59 Å². The minimum absolute atomic E-state index is 0.213. The van der Waals surface area contributed by atoms with Gasteiger partial charge in [0.05, 0.1) is 5.92 Å². The number of hydrogen-bond acceptors (Lipinski definition) is 4. The van der Waals surface area contributed by atoms with E-state index >= 15 is 0 Å². The van der Waals surface area contributed by atoms with Crippen LogP contribution in [0.25, 0.3) is 0 Å². The van der Waals surface area contributed by atoms with E-state index in [0.29, 0.717) is 0 Å². The van der Waals surface area contributed by atoms with Crippen LogP contribution in [-0.4, -0.2) is 35.5 Å². The number of esters is 1. The number of ketones is 1. The van der Waals surface area contributed by atoms with E-state index in [1.807, 2.05) is 0 Å². The smallest absolute Gasteiger partial charge is 0.458 e. The molecule has 2 atom stereocenters.